The van der Waals surface area contributed by atoms with Gasteiger partial charge >= 0.3 is 0 Å². The summed E-state index contributed by atoms with van der Waals surface area (Å²) < 4.78 is 5.75. The smallest absolute Gasteiger partial charge is 0.137 e. The number of nitrogens with zero attached hydrogens (tertiary/aromatic N) is 2. The highest BCUT2D eigenvalue weighted by Gasteiger charge is 2.24. The molecular weight excluding hydrogens is 364 g/mol. The number of rotatable bonds is 5. The zero-order chi connectivity index (χ0) is 20.3. The summed E-state index contributed by atoms with van der Waals surface area (Å²) in [5, 5.41) is 10.8. The fraction of sp³-hybridized carbons (Fsp3) is 0.417. The molecule has 0 aliphatic heterocycles. The number of thioether (sulfide) groups is 1. The number of aliphatic imine (C=N–C) groups is 1. The van der Waals surface area contributed by atoms with Crippen molar-refractivity contribution in [3.8, 4) is 11.8 Å². The molecule has 2 aromatic carbocycles. The van der Waals surface area contributed by atoms with E-state index in [-0.39, 0.29) is 6.10 Å². The topological polar surface area (TPSA) is 45.4 Å². The second-order valence-corrected chi connectivity index (χ2v) is 8.96. The zero-order valence-corrected chi connectivity index (χ0v) is 18.1. The van der Waals surface area contributed by atoms with Crippen molar-refractivity contribution in [2.45, 2.75) is 57.8 Å². The third-order valence-corrected chi connectivity index (χ3v) is 6.49. The predicted octanol–water partition coefficient (Wildman–Crippen LogP) is 6.27. The SMILES string of the molecule is CN=C(SC(C)c1cccc2c1CCC2C)c1ccc(OC(C)C)c(C#N)c1. The van der Waals surface area contributed by atoms with Gasteiger partial charge in [-0.2, -0.15) is 5.26 Å². The largest absolute Gasteiger partial charge is 0.490 e. The van der Waals surface area contributed by atoms with Crippen LogP contribution in [0.25, 0.3) is 0 Å². The first kappa shape index (κ1) is 20.5. The van der Waals surface area contributed by atoms with Gasteiger partial charge in [0.25, 0.3) is 0 Å². The minimum Gasteiger partial charge on any atom is -0.490 e. The summed E-state index contributed by atoms with van der Waals surface area (Å²) in [6.07, 6.45) is 2.44. The molecule has 0 N–H and O–H groups in total. The first-order valence-corrected chi connectivity index (χ1v) is 10.8. The van der Waals surface area contributed by atoms with Crippen molar-refractivity contribution in [2.75, 3.05) is 7.05 Å². The highest BCUT2D eigenvalue weighted by molar-refractivity contribution is 8.14. The zero-order valence-electron chi connectivity index (χ0n) is 17.3. The van der Waals surface area contributed by atoms with Gasteiger partial charge in [-0.15, -0.1) is 0 Å². The molecule has 2 atom stereocenters. The summed E-state index contributed by atoms with van der Waals surface area (Å²) in [4.78, 5) is 4.53. The van der Waals surface area contributed by atoms with Crippen molar-refractivity contribution in [3.63, 3.8) is 0 Å². The van der Waals surface area contributed by atoms with Crippen molar-refractivity contribution in [2.24, 2.45) is 4.99 Å². The Morgan fingerprint density at radius 3 is 2.71 bits per heavy atom. The summed E-state index contributed by atoms with van der Waals surface area (Å²) in [6.45, 7) is 8.49. The highest BCUT2D eigenvalue weighted by atomic mass is 32.2. The van der Waals surface area contributed by atoms with Crippen molar-refractivity contribution in [1.29, 1.82) is 5.26 Å². The maximum absolute atomic E-state index is 9.52. The Kier molecular flexibility index (Phi) is 6.46. The van der Waals surface area contributed by atoms with Crippen LogP contribution in [0.1, 0.15) is 73.1 Å². The number of benzene rings is 2. The van der Waals surface area contributed by atoms with Crippen molar-refractivity contribution in [1.82, 2.24) is 0 Å². The number of fused-ring (bicyclic) bond motifs is 1. The lowest BCUT2D eigenvalue weighted by Gasteiger charge is -2.18. The molecule has 0 saturated carbocycles. The van der Waals surface area contributed by atoms with Gasteiger partial charge in [-0.25, -0.2) is 0 Å². The maximum Gasteiger partial charge on any atom is 0.137 e. The Balaban J connectivity index is 1.85. The van der Waals surface area contributed by atoms with E-state index in [4.69, 9.17) is 4.74 Å². The Morgan fingerprint density at radius 2 is 2.04 bits per heavy atom. The van der Waals surface area contributed by atoms with Gasteiger partial charge in [-0.3, -0.25) is 4.99 Å². The Bertz CT molecular complexity index is 927. The van der Waals surface area contributed by atoms with Crippen molar-refractivity contribution >= 4 is 16.8 Å². The molecule has 1 aliphatic rings. The number of ether oxygens (including phenoxy) is 1. The van der Waals surface area contributed by atoms with Gasteiger partial charge in [0.05, 0.1) is 16.7 Å². The highest BCUT2D eigenvalue weighted by Crippen LogP contribution is 2.41. The van der Waals surface area contributed by atoms with Gasteiger partial charge in [0.1, 0.15) is 11.8 Å². The molecule has 3 rings (SSSR count). The fourth-order valence-corrected chi connectivity index (χ4v) is 4.91. The van der Waals surface area contributed by atoms with Crippen molar-refractivity contribution in [3.05, 3.63) is 64.2 Å². The molecule has 2 aromatic rings. The van der Waals surface area contributed by atoms with Crippen LogP contribution in [0.5, 0.6) is 5.75 Å². The third kappa shape index (κ3) is 4.25. The van der Waals surface area contributed by atoms with Crippen LogP contribution in [0, 0.1) is 11.3 Å². The third-order valence-electron chi connectivity index (χ3n) is 5.25. The first-order chi connectivity index (χ1) is 13.4. The van der Waals surface area contributed by atoms with Crippen molar-refractivity contribution < 1.29 is 4.74 Å². The Labute approximate surface area is 172 Å². The summed E-state index contributed by atoms with van der Waals surface area (Å²) in [7, 11) is 1.82. The minimum atomic E-state index is 0.0363. The standard InChI is InChI=1S/C24H28N2OS/c1-15(2)27-23-12-10-18(13-19(23)14-25)24(26-5)28-17(4)21-8-6-7-20-16(3)9-11-22(20)21/h6-8,10,12-13,15-17H,9,11H2,1-5H3. The van der Waals surface area contributed by atoms with Crippen LogP contribution < -0.4 is 4.74 Å². The molecule has 3 nitrogen and oxygen atoms in total. The fourth-order valence-electron chi connectivity index (χ4n) is 3.86. The van der Waals surface area contributed by atoms with E-state index in [1.165, 1.54) is 23.1 Å². The van der Waals surface area contributed by atoms with E-state index in [0.717, 1.165) is 17.0 Å². The predicted molar refractivity (Wildman–Crippen MR) is 119 cm³/mol. The summed E-state index contributed by atoms with van der Waals surface area (Å²) in [5.74, 6) is 1.28. The van der Waals surface area contributed by atoms with Gasteiger partial charge in [0, 0.05) is 17.9 Å². The molecule has 0 spiro atoms. The molecule has 0 saturated heterocycles. The Hall–Kier alpha value is -2.25. The molecule has 0 fully saturated rings. The first-order valence-electron chi connectivity index (χ1n) is 9.90. The van der Waals surface area contributed by atoms with Crippen LogP contribution in [0.4, 0.5) is 0 Å². The second-order valence-electron chi connectivity index (χ2n) is 7.63. The average Bonchev–Trinajstić information content (AvgIpc) is 3.07. The van der Waals surface area contributed by atoms with E-state index < -0.39 is 0 Å². The van der Waals surface area contributed by atoms with E-state index in [9.17, 15) is 5.26 Å². The molecule has 0 radical (unpaired) electrons. The van der Waals surface area contributed by atoms with Gasteiger partial charge < -0.3 is 4.74 Å². The molecule has 28 heavy (non-hydrogen) atoms. The average molecular weight is 393 g/mol. The van der Waals surface area contributed by atoms with Crippen LogP contribution >= 0.6 is 11.8 Å². The lowest BCUT2D eigenvalue weighted by Crippen LogP contribution is -2.08. The maximum atomic E-state index is 9.52. The normalized spacial score (nSPS) is 17.3. The second kappa shape index (κ2) is 8.84. The molecule has 0 bridgehead atoms. The van der Waals surface area contributed by atoms with Gasteiger partial charge in [-0.1, -0.05) is 36.9 Å². The van der Waals surface area contributed by atoms with Gasteiger partial charge in [0.15, 0.2) is 0 Å². The van der Waals surface area contributed by atoms with Gasteiger partial charge in [0.2, 0.25) is 0 Å². The van der Waals surface area contributed by atoms with Crippen LogP contribution in [0.15, 0.2) is 41.4 Å². The molecule has 2 unspecified atom stereocenters. The molecule has 1 aliphatic carbocycles. The van der Waals surface area contributed by atoms with Crippen LogP contribution in [0.2, 0.25) is 0 Å². The van der Waals surface area contributed by atoms with Gasteiger partial charge in [-0.05, 0) is 74.4 Å². The number of hydrogen-bond donors (Lipinski definition) is 0. The van der Waals surface area contributed by atoms with E-state index in [0.29, 0.717) is 22.5 Å². The minimum absolute atomic E-state index is 0.0363. The molecule has 0 aromatic heterocycles. The van der Waals surface area contributed by atoms with Crippen LogP contribution in [0.3, 0.4) is 0 Å². The van der Waals surface area contributed by atoms with E-state index in [1.54, 1.807) is 11.8 Å². The molecule has 0 heterocycles. The summed E-state index contributed by atoms with van der Waals surface area (Å²) >= 11 is 1.76. The van der Waals surface area contributed by atoms with Crippen LogP contribution in [-0.2, 0) is 6.42 Å². The van der Waals surface area contributed by atoms with E-state index >= 15 is 0 Å². The lowest BCUT2D eigenvalue weighted by atomic mass is 9.98. The van der Waals surface area contributed by atoms with E-state index in [1.807, 2.05) is 39.1 Å². The monoisotopic (exact) mass is 392 g/mol. The summed E-state index contributed by atoms with van der Waals surface area (Å²) in [5.41, 5.74) is 5.95. The molecule has 0 amide bonds. The number of nitriles is 1. The summed E-state index contributed by atoms with van der Waals surface area (Å²) in [6, 6.07) is 14.7. The molecular formula is C24H28N2OS. The number of hydrogen-bond acceptors (Lipinski definition) is 4. The van der Waals surface area contributed by atoms with E-state index in [2.05, 4.69) is 43.1 Å². The Morgan fingerprint density at radius 1 is 1.25 bits per heavy atom. The quantitative estimate of drug-likeness (QED) is 0.445. The molecule has 4 heteroatoms. The molecule has 146 valence electrons. The van der Waals surface area contributed by atoms with Crippen LogP contribution in [-0.4, -0.2) is 18.2 Å². The lowest BCUT2D eigenvalue weighted by molar-refractivity contribution is 0.241.